The maximum absolute atomic E-state index is 12.7. The molecule has 3 unspecified atom stereocenters. The molecule has 23 heavy (non-hydrogen) atoms. The first kappa shape index (κ1) is 15.0. The normalized spacial score (nSPS) is 30.7. The predicted molar refractivity (Wildman–Crippen MR) is 95.5 cm³/mol. The van der Waals surface area contributed by atoms with Crippen LogP contribution in [-0.4, -0.2) is 17.4 Å². The zero-order chi connectivity index (χ0) is 15.8. The van der Waals surface area contributed by atoms with Crippen molar-refractivity contribution in [1.82, 2.24) is 10.6 Å². The van der Waals surface area contributed by atoms with E-state index in [4.69, 9.17) is 0 Å². The molecule has 2 aliphatic heterocycles. The molecule has 0 bridgehead atoms. The van der Waals surface area contributed by atoms with Gasteiger partial charge in [-0.15, -0.1) is 11.8 Å². The fourth-order valence-corrected chi connectivity index (χ4v) is 5.35. The van der Waals surface area contributed by atoms with E-state index in [-0.39, 0.29) is 23.4 Å². The van der Waals surface area contributed by atoms with E-state index in [1.54, 1.807) is 0 Å². The zero-order valence-corrected chi connectivity index (χ0v) is 14.2. The van der Waals surface area contributed by atoms with Crippen LogP contribution in [0.25, 0.3) is 6.08 Å². The Hall–Kier alpha value is -1.52. The molecule has 2 N–H and O–H groups in total. The van der Waals surface area contributed by atoms with Crippen LogP contribution in [0, 0.1) is 5.92 Å². The molecule has 0 spiro atoms. The molecular weight excluding hydrogens is 304 g/mol. The van der Waals surface area contributed by atoms with Crippen LogP contribution in [0.5, 0.6) is 0 Å². The third-order valence-corrected chi connectivity index (χ3v) is 6.37. The molecule has 1 amide bonds. The summed E-state index contributed by atoms with van der Waals surface area (Å²) in [7, 11) is 0. The summed E-state index contributed by atoms with van der Waals surface area (Å²) >= 11 is 1.89. The predicted octanol–water partition coefficient (Wildman–Crippen LogP) is 3.65. The van der Waals surface area contributed by atoms with Gasteiger partial charge in [-0.1, -0.05) is 36.4 Å². The van der Waals surface area contributed by atoms with Gasteiger partial charge in [0.15, 0.2) is 0 Å². The fraction of sp³-hybridized carbons (Fsp3) is 0.421. The molecule has 1 fully saturated rings. The van der Waals surface area contributed by atoms with Crippen LogP contribution >= 0.6 is 11.8 Å². The number of fused-ring (bicyclic) bond motifs is 2. The van der Waals surface area contributed by atoms with E-state index in [0.29, 0.717) is 0 Å². The van der Waals surface area contributed by atoms with Crippen molar-refractivity contribution in [3.8, 4) is 0 Å². The third kappa shape index (κ3) is 2.86. The molecule has 1 saturated heterocycles. The monoisotopic (exact) mass is 326 g/mol. The van der Waals surface area contributed by atoms with Gasteiger partial charge in [0.05, 0.1) is 11.3 Å². The van der Waals surface area contributed by atoms with Crippen molar-refractivity contribution in [3.05, 3.63) is 51.9 Å². The van der Waals surface area contributed by atoms with Gasteiger partial charge in [-0.05, 0) is 54.2 Å². The molecule has 2 heterocycles. The Morgan fingerprint density at radius 2 is 2.00 bits per heavy atom. The molecule has 0 radical (unpaired) electrons. The summed E-state index contributed by atoms with van der Waals surface area (Å²) in [6.45, 7) is 2.08. The van der Waals surface area contributed by atoms with Gasteiger partial charge in [-0.2, -0.15) is 0 Å². The van der Waals surface area contributed by atoms with Crippen LogP contribution < -0.4 is 10.6 Å². The average molecular weight is 326 g/mol. The van der Waals surface area contributed by atoms with Crippen LogP contribution in [0.1, 0.15) is 38.2 Å². The van der Waals surface area contributed by atoms with Crippen molar-refractivity contribution in [2.24, 2.45) is 5.92 Å². The number of carbonyl (C=O) groups is 1. The Balaban J connectivity index is 1.53. The summed E-state index contributed by atoms with van der Waals surface area (Å²) in [6.07, 6.45) is 6.83. The van der Waals surface area contributed by atoms with Gasteiger partial charge in [-0.3, -0.25) is 10.1 Å². The Kier molecular flexibility index (Phi) is 4.04. The number of allylic oxidation sites excluding steroid dienone is 1. The second kappa shape index (κ2) is 6.17. The van der Waals surface area contributed by atoms with Gasteiger partial charge in [0.2, 0.25) is 5.91 Å². The van der Waals surface area contributed by atoms with Gasteiger partial charge in [0.25, 0.3) is 0 Å². The van der Waals surface area contributed by atoms with Crippen molar-refractivity contribution >= 4 is 23.7 Å². The Bertz CT molecular complexity index is 680. The minimum atomic E-state index is -0.0715. The maximum Gasteiger partial charge on any atom is 0.231 e. The van der Waals surface area contributed by atoms with Crippen molar-refractivity contribution in [2.45, 2.75) is 44.1 Å². The van der Waals surface area contributed by atoms with Gasteiger partial charge in [-0.25, -0.2) is 0 Å². The molecule has 4 heteroatoms. The number of rotatable bonds is 2. The van der Waals surface area contributed by atoms with E-state index in [0.717, 1.165) is 18.4 Å². The minimum Gasteiger partial charge on any atom is -0.336 e. The lowest BCUT2D eigenvalue weighted by molar-refractivity contribution is -0.126. The van der Waals surface area contributed by atoms with Crippen molar-refractivity contribution < 1.29 is 4.79 Å². The molecule has 1 aromatic carbocycles. The number of benzene rings is 1. The van der Waals surface area contributed by atoms with Crippen molar-refractivity contribution in [3.63, 3.8) is 0 Å². The molecule has 0 saturated carbocycles. The lowest BCUT2D eigenvalue weighted by Gasteiger charge is -2.35. The molecule has 3 nitrogen and oxygen atoms in total. The molecule has 3 aliphatic rings. The van der Waals surface area contributed by atoms with Crippen LogP contribution in [-0.2, 0) is 4.79 Å². The standard InChI is InChI=1S/C19H22N2OS/c1-12(11-13-7-3-2-4-8-13)17-20-18(22)16-14-9-5-6-10-15(14)23-19(16)21-17/h2-4,7-8,11,16-17,19,21H,5-6,9-10H2,1H3,(H,20,22). The topological polar surface area (TPSA) is 41.1 Å². The highest BCUT2D eigenvalue weighted by atomic mass is 32.2. The molecule has 120 valence electrons. The lowest BCUT2D eigenvalue weighted by Crippen LogP contribution is -2.59. The molecule has 1 aliphatic carbocycles. The first-order chi connectivity index (χ1) is 11.2. The maximum atomic E-state index is 12.7. The molecule has 1 aromatic rings. The molecular formula is C19H22N2OS. The minimum absolute atomic E-state index is 0.0380. The second-order valence-corrected chi connectivity index (χ2v) is 7.82. The summed E-state index contributed by atoms with van der Waals surface area (Å²) in [5.41, 5.74) is 3.72. The molecule has 3 atom stereocenters. The van der Waals surface area contributed by atoms with Gasteiger partial charge >= 0.3 is 0 Å². The average Bonchev–Trinajstić information content (AvgIpc) is 2.94. The number of hydrogen-bond donors (Lipinski definition) is 2. The van der Waals surface area contributed by atoms with Gasteiger partial charge < -0.3 is 5.32 Å². The Morgan fingerprint density at radius 1 is 1.22 bits per heavy atom. The first-order valence-corrected chi connectivity index (χ1v) is 9.28. The summed E-state index contributed by atoms with van der Waals surface area (Å²) in [6, 6.07) is 10.3. The van der Waals surface area contributed by atoms with Crippen LogP contribution in [0.15, 0.2) is 46.4 Å². The lowest BCUT2D eigenvalue weighted by atomic mass is 9.87. The zero-order valence-electron chi connectivity index (χ0n) is 13.3. The van der Waals surface area contributed by atoms with Gasteiger partial charge in [0.1, 0.15) is 6.17 Å². The highest BCUT2D eigenvalue weighted by Gasteiger charge is 2.45. The SMILES string of the molecule is CC(=Cc1ccccc1)C1NC(=O)C2C3=C(CCCC3)SC2N1. The quantitative estimate of drug-likeness (QED) is 0.871. The molecule has 0 aromatic heterocycles. The van der Waals surface area contributed by atoms with E-state index in [9.17, 15) is 4.79 Å². The Labute approximate surface area is 141 Å². The largest absolute Gasteiger partial charge is 0.336 e. The fourth-order valence-electron chi connectivity index (χ4n) is 3.77. The number of thioether (sulfide) groups is 1. The highest BCUT2D eigenvalue weighted by Crippen LogP contribution is 2.49. The summed E-state index contributed by atoms with van der Waals surface area (Å²) in [5.74, 6) is 0.232. The van der Waals surface area contributed by atoms with E-state index >= 15 is 0 Å². The number of carbonyl (C=O) groups excluding carboxylic acids is 1. The van der Waals surface area contributed by atoms with Crippen molar-refractivity contribution in [1.29, 1.82) is 0 Å². The summed E-state index contributed by atoms with van der Waals surface area (Å²) < 4.78 is 0. The van der Waals surface area contributed by atoms with E-state index < -0.39 is 0 Å². The summed E-state index contributed by atoms with van der Waals surface area (Å²) in [5, 5.41) is 7.02. The first-order valence-electron chi connectivity index (χ1n) is 8.40. The van der Waals surface area contributed by atoms with E-state index in [1.807, 2.05) is 30.0 Å². The number of nitrogens with one attached hydrogen (secondary N) is 2. The van der Waals surface area contributed by atoms with Crippen molar-refractivity contribution in [2.75, 3.05) is 0 Å². The smallest absolute Gasteiger partial charge is 0.231 e. The van der Waals surface area contributed by atoms with Crippen LogP contribution in [0.4, 0.5) is 0 Å². The van der Waals surface area contributed by atoms with Crippen LogP contribution in [0.2, 0.25) is 0 Å². The molecule has 4 rings (SSSR count). The van der Waals surface area contributed by atoms with E-state index in [1.165, 1.54) is 28.9 Å². The number of amides is 1. The third-order valence-electron chi connectivity index (χ3n) is 4.95. The summed E-state index contributed by atoms with van der Waals surface area (Å²) in [4.78, 5) is 14.1. The Morgan fingerprint density at radius 3 is 2.83 bits per heavy atom. The van der Waals surface area contributed by atoms with Crippen LogP contribution in [0.3, 0.4) is 0 Å². The van der Waals surface area contributed by atoms with E-state index in [2.05, 4.69) is 35.8 Å². The number of hydrogen-bond acceptors (Lipinski definition) is 3. The second-order valence-electron chi connectivity index (χ2n) is 6.58. The highest BCUT2D eigenvalue weighted by molar-refractivity contribution is 8.04. The van der Waals surface area contributed by atoms with Gasteiger partial charge in [0, 0.05) is 0 Å².